The van der Waals surface area contributed by atoms with Crippen LogP contribution >= 0.6 is 12.4 Å². The molecule has 5 heteroatoms. The van der Waals surface area contributed by atoms with Gasteiger partial charge in [0.1, 0.15) is 17.6 Å². The SMILES string of the molecule is CCCOc1ccc(-c2cc(OC(C)CN(C)C)c3ccccc3n2)cc1.Cl. The number of likely N-dealkylation sites (N-methyl/N-ethyl adjacent to an activating group) is 1. The molecular weight excluding hydrogens is 372 g/mol. The number of pyridine rings is 1. The average molecular weight is 401 g/mol. The first-order valence-corrected chi connectivity index (χ1v) is 9.51. The van der Waals surface area contributed by atoms with Crippen molar-refractivity contribution in [2.45, 2.75) is 26.4 Å². The molecule has 4 nitrogen and oxygen atoms in total. The van der Waals surface area contributed by atoms with Crippen molar-refractivity contribution in [1.82, 2.24) is 9.88 Å². The van der Waals surface area contributed by atoms with Gasteiger partial charge < -0.3 is 14.4 Å². The molecule has 0 saturated heterocycles. The van der Waals surface area contributed by atoms with Gasteiger partial charge in [0.2, 0.25) is 0 Å². The molecule has 0 saturated carbocycles. The van der Waals surface area contributed by atoms with Gasteiger partial charge in [-0.25, -0.2) is 4.98 Å². The number of ether oxygens (including phenoxy) is 2. The van der Waals surface area contributed by atoms with Crippen molar-refractivity contribution in [3.63, 3.8) is 0 Å². The summed E-state index contributed by atoms with van der Waals surface area (Å²) in [6, 6.07) is 18.3. The van der Waals surface area contributed by atoms with Gasteiger partial charge in [0.15, 0.2) is 0 Å². The second-order valence-electron chi connectivity index (χ2n) is 7.09. The highest BCUT2D eigenvalue weighted by atomic mass is 35.5. The summed E-state index contributed by atoms with van der Waals surface area (Å²) in [6.07, 6.45) is 1.09. The summed E-state index contributed by atoms with van der Waals surface area (Å²) in [7, 11) is 4.11. The maximum Gasteiger partial charge on any atom is 0.131 e. The fraction of sp³-hybridized carbons (Fsp3) is 0.348. The first kappa shape index (κ1) is 22.0. The second kappa shape index (κ2) is 10.3. The second-order valence-corrected chi connectivity index (χ2v) is 7.09. The van der Waals surface area contributed by atoms with Gasteiger partial charge in [0, 0.05) is 23.6 Å². The van der Waals surface area contributed by atoms with Gasteiger partial charge in [-0.3, -0.25) is 0 Å². The van der Waals surface area contributed by atoms with Crippen LogP contribution in [0, 0.1) is 0 Å². The van der Waals surface area contributed by atoms with Crippen LogP contribution in [0.5, 0.6) is 11.5 Å². The molecule has 2 aromatic carbocycles. The Hall–Kier alpha value is -2.30. The molecule has 150 valence electrons. The zero-order valence-corrected chi connectivity index (χ0v) is 17.8. The largest absolute Gasteiger partial charge is 0.494 e. The number of hydrogen-bond acceptors (Lipinski definition) is 4. The fourth-order valence-corrected chi connectivity index (χ4v) is 3.10. The summed E-state index contributed by atoms with van der Waals surface area (Å²) in [4.78, 5) is 6.96. The molecule has 0 spiro atoms. The van der Waals surface area contributed by atoms with Gasteiger partial charge in [-0.05, 0) is 63.8 Å². The van der Waals surface area contributed by atoms with Gasteiger partial charge in [-0.1, -0.05) is 19.1 Å². The van der Waals surface area contributed by atoms with E-state index < -0.39 is 0 Å². The Morgan fingerprint density at radius 1 is 1.04 bits per heavy atom. The minimum absolute atomic E-state index is 0. The standard InChI is InChI=1S/C23H28N2O2.ClH/c1-5-14-26-19-12-10-18(11-13-19)22-15-23(27-17(2)16-25(3)4)20-8-6-7-9-21(20)24-22;/h6-13,15,17H,5,14,16H2,1-4H3;1H. The maximum absolute atomic E-state index is 6.27. The number of fused-ring (bicyclic) bond motifs is 1. The van der Waals surface area contributed by atoms with Gasteiger partial charge >= 0.3 is 0 Å². The summed E-state index contributed by atoms with van der Waals surface area (Å²) in [5.74, 6) is 1.76. The van der Waals surface area contributed by atoms with Crippen LogP contribution in [0.4, 0.5) is 0 Å². The summed E-state index contributed by atoms with van der Waals surface area (Å²) in [5, 5.41) is 1.04. The number of aromatic nitrogens is 1. The van der Waals surface area contributed by atoms with E-state index in [0.717, 1.165) is 53.2 Å². The Labute approximate surface area is 173 Å². The molecule has 0 fully saturated rings. The highest BCUT2D eigenvalue weighted by molar-refractivity contribution is 5.88. The van der Waals surface area contributed by atoms with E-state index in [4.69, 9.17) is 14.5 Å². The number of rotatable bonds is 8. The Kier molecular flexibility index (Phi) is 8.09. The van der Waals surface area contributed by atoms with E-state index in [0.29, 0.717) is 0 Å². The monoisotopic (exact) mass is 400 g/mol. The lowest BCUT2D eigenvalue weighted by molar-refractivity contribution is 0.179. The van der Waals surface area contributed by atoms with Gasteiger partial charge in [0.25, 0.3) is 0 Å². The Morgan fingerprint density at radius 3 is 2.43 bits per heavy atom. The highest BCUT2D eigenvalue weighted by Gasteiger charge is 2.12. The van der Waals surface area contributed by atoms with Crippen molar-refractivity contribution < 1.29 is 9.47 Å². The average Bonchev–Trinajstić information content (AvgIpc) is 2.66. The summed E-state index contributed by atoms with van der Waals surface area (Å²) in [6.45, 7) is 5.78. The Morgan fingerprint density at radius 2 is 1.75 bits per heavy atom. The number of halogens is 1. The summed E-state index contributed by atoms with van der Waals surface area (Å²) in [5.41, 5.74) is 2.89. The zero-order valence-electron chi connectivity index (χ0n) is 17.0. The number of para-hydroxylation sites is 1. The van der Waals surface area contributed by atoms with Crippen molar-refractivity contribution in [3.8, 4) is 22.8 Å². The smallest absolute Gasteiger partial charge is 0.131 e. The van der Waals surface area contributed by atoms with Crippen LogP contribution in [0.1, 0.15) is 20.3 Å². The van der Waals surface area contributed by atoms with Crippen LogP contribution in [0.15, 0.2) is 54.6 Å². The topological polar surface area (TPSA) is 34.6 Å². The van der Waals surface area contributed by atoms with Gasteiger partial charge in [-0.2, -0.15) is 0 Å². The number of nitrogens with zero attached hydrogens (tertiary/aromatic N) is 2. The lowest BCUT2D eigenvalue weighted by Gasteiger charge is -2.20. The maximum atomic E-state index is 6.27. The predicted octanol–water partition coefficient (Wildman–Crippen LogP) is 5.44. The van der Waals surface area contributed by atoms with Crippen LogP contribution in [-0.4, -0.2) is 43.2 Å². The van der Waals surface area contributed by atoms with Crippen LogP contribution < -0.4 is 9.47 Å². The van der Waals surface area contributed by atoms with E-state index in [1.54, 1.807) is 0 Å². The summed E-state index contributed by atoms with van der Waals surface area (Å²) >= 11 is 0. The molecule has 0 amide bonds. The van der Waals surface area contributed by atoms with Gasteiger partial charge in [0.05, 0.1) is 17.8 Å². The van der Waals surface area contributed by atoms with Crippen LogP contribution in [-0.2, 0) is 0 Å². The van der Waals surface area contributed by atoms with Crippen LogP contribution in [0.25, 0.3) is 22.2 Å². The molecule has 0 radical (unpaired) electrons. The first-order valence-electron chi connectivity index (χ1n) is 9.51. The van der Waals surface area contributed by atoms with Crippen molar-refractivity contribution in [2.24, 2.45) is 0 Å². The molecule has 0 aliphatic carbocycles. The van der Waals surface area contributed by atoms with Crippen molar-refractivity contribution >= 4 is 23.3 Å². The van der Waals surface area contributed by atoms with Crippen molar-refractivity contribution in [1.29, 1.82) is 0 Å². The third-order valence-electron chi connectivity index (χ3n) is 4.25. The van der Waals surface area contributed by atoms with Gasteiger partial charge in [-0.15, -0.1) is 12.4 Å². The molecule has 1 heterocycles. The van der Waals surface area contributed by atoms with E-state index in [2.05, 4.69) is 51.0 Å². The lowest BCUT2D eigenvalue weighted by Crippen LogP contribution is -2.28. The molecule has 0 N–H and O–H groups in total. The minimum Gasteiger partial charge on any atom is -0.494 e. The lowest BCUT2D eigenvalue weighted by atomic mass is 10.1. The summed E-state index contributed by atoms with van der Waals surface area (Å²) < 4.78 is 12.0. The molecule has 3 aromatic rings. The number of benzene rings is 2. The molecule has 0 aliphatic heterocycles. The van der Waals surface area contributed by atoms with E-state index in [9.17, 15) is 0 Å². The predicted molar refractivity (Wildman–Crippen MR) is 119 cm³/mol. The molecular formula is C23H29ClN2O2. The molecule has 0 bridgehead atoms. The fourth-order valence-electron chi connectivity index (χ4n) is 3.10. The molecule has 1 unspecified atom stereocenters. The van der Waals surface area contributed by atoms with E-state index in [1.165, 1.54) is 0 Å². The molecule has 1 atom stereocenters. The van der Waals surface area contributed by atoms with E-state index >= 15 is 0 Å². The van der Waals surface area contributed by atoms with E-state index in [-0.39, 0.29) is 18.5 Å². The molecule has 1 aromatic heterocycles. The quantitative estimate of drug-likeness (QED) is 0.504. The zero-order chi connectivity index (χ0) is 19.2. The van der Waals surface area contributed by atoms with Crippen LogP contribution in [0.2, 0.25) is 0 Å². The molecule has 3 rings (SSSR count). The van der Waals surface area contributed by atoms with Crippen molar-refractivity contribution in [3.05, 3.63) is 54.6 Å². The third kappa shape index (κ3) is 5.60. The Bertz CT molecular complexity index is 881. The Balaban J connectivity index is 0.00000280. The van der Waals surface area contributed by atoms with Crippen LogP contribution in [0.3, 0.4) is 0 Å². The minimum atomic E-state index is 0. The van der Waals surface area contributed by atoms with Crippen molar-refractivity contribution in [2.75, 3.05) is 27.2 Å². The third-order valence-corrected chi connectivity index (χ3v) is 4.25. The van der Waals surface area contributed by atoms with E-state index in [1.807, 2.05) is 36.4 Å². The molecule has 0 aliphatic rings. The normalized spacial score (nSPS) is 11.9. The highest BCUT2D eigenvalue weighted by Crippen LogP contribution is 2.31. The molecule has 28 heavy (non-hydrogen) atoms. The number of hydrogen-bond donors (Lipinski definition) is 0. The first-order chi connectivity index (χ1) is 13.1.